The largest absolute Gasteiger partial charge is 0.476 e. The molecule has 3 heteroatoms. The number of benzene rings is 1. The maximum Gasteiger partial charge on any atom is 0.355 e. The van der Waals surface area contributed by atoms with Gasteiger partial charge in [-0.05, 0) is 36.6 Å². The molecule has 0 saturated heterocycles. The summed E-state index contributed by atoms with van der Waals surface area (Å²) in [6, 6.07) is 7.68. The van der Waals surface area contributed by atoms with Crippen LogP contribution in [0.3, 0.4) is 0 Å². The second kappa shape index (κ2) is 3.84. The zero-order chi connectivity index (χ0) is 11.8. The van der Waals surface area contributed by atoms with Crippen LogP contribution >= 0.6 is 0 Å². The van der Waals surface area contributed by atoms with Gasteiger partial charge in [0.1, 0.15) is 0 Å². The number of carboxylic acid groups (broad SMARTS) is 1. The van der Waals surface area contributed by atoms with Crippen LogP contribution in [-0.2, 0) is 12.8 Å². The first kappa shape index (κ1) is 10.3. The lowest BCUT2D eigenvalue weighted by atomic mass is 9.91. The predicted molar refractivity (Wildman–Crippen MR) is 65.3 cm³/mol. The van der Waals surface area contributed by atoms with Gasteiger partial charge in [0.15, 0.2) is 5.69 Å². The number of nitrogens with zero attached hydrogens (tertiary/aromatic N) is 1. The van der Waals surface area contributed by atoms with Crippen molar-refractivity contribution in [2.24, 2.45) is 0 Å². The number of carbonyl (C=O) groups is 1. The highest BCUT2D eigenvalue weighted by Gasteiger charge is 2.19. The van der Waals surface area contributed by atoms with Gasteiger partial charge in [0.25, 0.3) is 0 Å². The van der Waals surface area contributed by atoms with Crippen LogP contribution in [0.15, 0.2) is 24.3 Å². The molecule has 17 heavy (non-hydrogen) atoms. The SMILES string of the molecule is O=C(O)c1nc2c(c3ccccc13)CCCC2. The first-order valence-electron chi connectivity index (χ1n) is 5.91. The van der Waals surface area contributed by atoms with Crippen LogP contribution < -0.4 is 0 Å². The van der Waals surface area contributed by atoms with Crippen LogP contribution in [0.4, 0.5) is 0 Å². The van der Waals surface area contributed by atoms with E-state index in [4.69, 9.17) is 0 Å². The van der Waals surface area contributed by atoms with Crippen molar-refractivity contribution in [3.05, 3.63) is 41.2 Å². The predicted octanol–water partition coefficient (Wildman–Crippen LogP) is 2.81. The van der Waals surface area contributed by atoms with Crippen molar-refractivity contribution in [3.8, 4) is 0 Å². The first-order valence-corrected chi connectivity index (χ1v) is 5.91. The average Bonchev–Trinajstić information content (AvgIpc) is 2.37. The Bertz CT molecular complexity index is 604. The molecule has 0 unspecified atom stereocenters. The highest BCUT2D eigenvalue weighted by Crippen LogP contribution is 2.29. The Balaban J connectivity index is 2.39. The van der Waals surface area contributed by atoms with Crippen molar-refractivity contribution in [2.75, 3.05) is 0 Å². The molecule has 86 valence electrons. The number of carboxylic acids is 1. The molecule has 0 bridgehead atoms. The molecule has 2 aromatic rings. The van der Waals surface area contributed by atoms with Gasteiger partial charge in [-0.3, -0.25) is 0 Å². The van der Waals surface area contributed by atoms with Crippen LogP contribution in [0.5, 0.6) is 0 Å². The van der Waals surface area contributed by atoms with Gasteiger partial charge in [0.05, 0.1) is 0 Å². The fraction of sp³-hybridized carbons (Fsp3) is 0.286. The highest BCUT2D eigenvalue weighted by atomic mass is 16.4. The smallest absolute Gasteiger partial charge is 0.355 e. The van der Waals surface area contributed by atoms with Gasteiger partial charge in [-0.2, -0.15) is 0 Å². The monoisotopic (exact) mass is 227 g/mol. The summed E-state index contributed by atoms with van der Waals surface area (Å²) >= 11 is 0. The van der Waals surface area contributed by atoms with Crippen LogP contribution in [-0.4, -0.2) is 16.1 Å². The van der Waals surface area contributed by atoms with E-state index in [0.717, 1.165) is 35.7 Å². The number of aromatic nitrogens is 1. The lowest BCUT2D eigenvalue weighted by Gasteiger charge is -2.18. The molecule has 0 spiro atoms. The third-order valence-corrected chi connectivity index (χ3v) is 3.40. The number of aryl methyl sites for hydroxylation is 2. The van der Waals surface area contributed by atoms with Gasteiger partial charge in [-0.15, -0.1) is 0 Å². The van der Waals surface area contributed by atoms with E-state index >= 15 is 0 Å². The summed E-state index contributed by atoms with van der Waals surface area (Å²) in [6.45, 7) is 0. The minimum atomic E-state index is -0.936. The van der Waals surface area contributed by atoms with E-state index in [1.165, 1.54) is 12.0 Å². The van der Waals surface area contributed by atoms with Crippen molar-refractivity contribution in [3.63, 3.8) is 0 Å². The number of aromatic carboxylic acids is 1. The second-order valence-electron chi connectivity index (χ2n) is 4.44. The molecule has 0 radical (unpaired) electrons. The molecule has 0 atom stereocenters. The van der Waals surface area contributed by atoms with Crippen molar-refractivity contribution >= 4 is 16.7 Å². The molecule has 1 N–H and O–H groups in total. The molecule has 0 aliphatic heterocycles. The fourth-order valence-electron chi connectivity index (χ4n) is 2.61. The van der Waals surface area contributed by atoms with Crippen LogP contribution in [0.25, 0.3) is 10.8 Å². The Kier molecular flexibility index (Phi) is 2.32. The average molecular weight is 227 g/mol. The highest BCUT2D eigenvalue weighted by molar-refractivity contribution is 6.03. The van der Waals surface area contributed by atoms with Gasteiger partial charge in [0.2, 0.25) is 0 Å². The summed E-state index contributed by atoms with van der Waals surface area (Å²) in [7, 11) is 0. The zero-order valence-electron chi connectivity index (χ0n) is 9.44. The van der Waals surface area contributed by atoms with Crippen LogP contribution in [0, 0.1) is 0 Å². The summed E-state index contributed by atoms with van der Waals surface area (Å²) in [5, 5.41) is 11.1. The summed E-state index contributed by atoms with van der Waals surface area (Å²) in [6.07, 6.45) is 4.20. The molecule has 1 aliphatic carbocycles. The second-order valence-corrected chi connectivity index (χ2v) is 4.44. The zero-order valence-corrected chi connectivity index (χ0v) is 9.44. The fourth-order valence-corrected chi connectivity index (χ4v) is 2.61. The summed E-state index contributed by atoms with van der Waals surface area (Å²) in [5.41, 5.74) is 2.42. The van der Waals surface area contributed by atoms with Crippen LogP contribution in [0.2, 0.25) is 0 Å². The Morgan fingerprint density at radius 1 is 1.12 bits per heavy atom. The standard InChI is InChI=1S/C14H13NO2/c16-14(17)13-11-7-2-1-5-9(11)10-6-3-4-8-12(10)15-13/h1-2,5,7H,3-4,6,8H2,(H,16,17). The third-order valence-electron chi connectivity index (χ3n) is 3.40. The number of fused-ring (bicyclic) bond motifs is 3. The van der Waals surface area contributed by atoms with Gasteiger partial charge in [-0.1, -0.05) is 24.3 Å². The van der Waals surface area contributed by atoms with Crippen molar-refractivity contribution in [2.45, 2.75) is 25.7 Å². The Morgan fingerprint density at radius 2 is 1.82 bits per heavy atom. The molecule has 1 aliphatic rings. The van der Waals surface area contributed by atoms with Crippen molar-refractivity contribution in [1.82, 2.24) is 4.98 Å². The molecule has 1 heterocycles. The summed E-state index contributed by atoms with van der Waals surface area (Å²) < 4.78 is 0. The van der Waals surface area contributed by atoms with Gasteiger partial charge in [0, 0.05) is 11.1 Å². The molecule has 3 rings (SSSR count). The maximum absolute atomic E-state index is 11.2. The van der Waals surface area contributed by atoms with E-state index < -0.39 is 5.97 Å². The normalized spacial score (nSPS) is 14.6. The van der Waals surface area contributed by atoms with E-state index in [1.54, 1.807) is 0 Å². The first-order chi connectivity index (χ1) is 8.27. The van der Waals surface area contributed by atoms with Crippen molar-refractivity contribution in [1.29, 1.82) is 0 Å². The molecular weight excluding hydrogens is 214 g/mol. The Hall–Kier alpha value is -1.90. The van der Waals surface area contributed by atoms with E-state index in [0.29, 0.717) is 0 Å². The topological polar surface area (TPSA) is 50.2 Å². The third kappa shape index (κ3) is 1.58. The minimum absolute atomic E-state index is 0.196. The van der Waals surface area contributed by atoms with E-state index in [-0.39, 0.29) is 5.69 Å². The molecule has 1 aromatic carbocycles. The quantitative estimate of drug-likeness (QED) is 0.815. The number of hydrogen-bond acceptors (Lipinski definition) is 2. The molecular formula is C14H13NO2. The van der Waals surface area contributed by atoms with Gasteiger partial charge < -0.3 is 5.11 Å². The number of rotatable bonds is 1. The van der Waals surface area contributed by atoms with Crippen LogP contribution in [0.1, 0.15) is 34.6 Å². The number of hydrogen-bond donors (Lipinski definition) is 1. The van der Waals surface area contributed by atoms with E-state index in [2.05, 4.69) is 4.98 Å². The molecule has 0 fully saturated rings. The molecule has 0 amide bonds. The molecule has 0 saturated carbocycles. The Labute approximate surface area is 99.1 Å². The summed E-state index contributed by atoms with van der Waals surface area (Å²) in [4.78, 5) is 15.6. The molecule has 3 nitrogen and oxygen atoms in total. The van der Waals surface area contributed by atoms with Gasteiger partial charge >= 0.3 is 5.97 Å². The lowest BCUT2D eigenvalue weighted by Crippen LogP contribution is -2.11. The summed E-state index contributed by atoms with van der Waals surface area (Å²) in [5.74, 6) is -0.936. The van der Waals surface area contributed by atoms with E-state index in [1.807, 2.05) is 24.3 Å². The lowest BCUT2D eigenvalue weighted by molar-refractivity contribution is 0.0692. The van der Waals surface area contributed by atoms with Crippen molar-refractivity contribution < 1.29 is 9.90 Å². The minimum Gasteiger partial charge on any atom is -0.476 e. The van der Waals surface area contributed by atoms with E-state index in [9.17, 15) is 9.90 Å². The Morgan fingerprint density at radius 3 is 2.59 bits per heavy atom. The molecule has 1 aromatic heterocycles. The van der Waals surface area contributed by atoms with Gasteiger partial charge in [-0.25, -0.2) is 9.78 Å². The number of pyridine rings is 1. The maximum atomic E-state index is 11.2.